The Morgan fingerprint density at radius 3 is 0.621 bits per heavy atom. The maximum atomic E-state index is 12.4. The molecule has 5 heteroatoms. The van der Waals surface area contributed by atoms with Gasteiger partial charge in [0, 0.05) is 12.8 Å². The van der Waals surface area contributed by atoms with Gasteiger partial charge in [0.05, 0.1) is 6.61 Å². The molecule has 1 N–H and O–H groups in total. The van der Waals surface area contributed by atoms with Crippen LogP contribution in [0.2, 0.25) is 0 Å². The highest BCUT2D eigenvalue weighted by molar-refractivity contribution is 5.70. The number of hydrogen-bond acceptors (Lipinski definition) is 5. The molecule has 0 saturated carbocycles. The average molecular weight is 1230 g/mol. The van der Waals surface area contributed by atoms with E-state index in [1.54, 1.807) is 0 Å². The summed E-state index contributed by atoms with van der Waals surface area (Å²) in [7, 11) is 0. The second-order valence-corrected chi connectivity index (χ2v) is 28.2. The molecule has 87 heavy (non-hydrogen) atoms. The van der Waals surface area contributed by atoms with Crippen molar-refractivity contribution in [1.29, 1.82) is 0 Å². The van der Waals surface area contributed by atoms with E-state index >= 15 is 0 Å². The summed E-state index contributed by atoms with van der Waals surface area (Å²) in [6.45, 7) is 4.23. The molecule has 5 nitrogen and oxygen atoms in total. The summed E-state index contributed by atoms with van der Waals surface area (Å²) in [5.74, 6) is -0.557. The van der Waals surface area contributed by atoms with Crippen molar-refractivity contribution in [2.45, 2.75) is 489 Å². The number of unbranched alkanes of at least 4 members (excludes halogenated alkanes) is 68. The van der Waals surface area contributed by atoms with Crippen molar-refractivity contribution in [3.05, 3.63) is 12.2 Å². The minimum atomic E-state index is -0.768. The molecule has 0 heterocycles. The maximum absolute atomic E-state index is 12.4. The van der Waals surface area contributed by atoms with E-state index < -0.39 is 6.10 Å². The fourth-order valence-corrected chi connectivity index (χ4v) is 13.2. The SMILES string of the molecule is CCCCCCCCCC/C=C\CCCCCCCCCCCCCCCCCCCCCCCCCC(=O)OC(CO)COC(=O)CCCCCCCCCCCCCCCCCCCCCCCCCCCCCCCCCCCCCCCC. The zero-order valence-electron chi connectivity index (χ0n) is 59.8. The van der Waals surface area contributed by atoms with Crippen LogP contribution in [0.15, 0.2) is 12.2 Å². The van der Waals surface area contributed by atoms with E-state index in [9.17, 15) is 14.7 Å². The highest BCUT2D eigenvalue weighted by atomic mass is 16.6. The summed E-state index contributed by atoms with van der Waals surface area (Å²) in [6, 6.07) is 0. The molecule has 0 saturated heterocycles. The van der Waals surface area contributed by atoms with Gasteiger partial charge in [0.1, 0.15) is 6.61 Å². The summed E-state index contributed by atoms with van der Waals surface area (Å²) >= 11 is 0. The molecule has 0 amide bonds. The molecule has 0 rings (SSSR count). The number of allylic oxidation sites excluding steroid dienone is 2. The molecular formula is C82H160O5. The average Bonchev–Trinajstić information content (AvgIpc) is 3.52. The molecule has 0 bridgehead atoms. The zero-order valence-corrected chi connectivity index (χ0v) is 59.8. The minimum Gasteiger partial charge on any atom is -0.462 e. The Morgan fingerprint density at radius 2 is 0.425 bits per heavy atom. The van der Waals surface area contributed by atoms with E-state index in [1.807, 2.05) is 0 Å². The van der Waals surface area contributed by atoms with Gasteiger partial charge >= 0.3 is 11.9 Å². The molecule has 0 aliphatic rings. The maximum Gasteiger partial charge on any atom is 0.306 e. The Morgan fingerprint density at radius 1 is 0.253 bits per heavy atom. The first-order valence-electron chi connectivity index (χ1n) is 40.7. The number of hydrogen-bond donors (Lipinski definition) is 1. The van der Waals surface area contributed by atoms with Gasteiger partial charge in [-0.3, -0.25) is 9.59 Å². The van der Waals surface area contributed by atoms with Gasteiger partial charge in [-0.05, 0) is 38.5 Å². The first-order chi connectivity index (χ1) is 43.1. The van der Waals surface area contributed by atoms with Crippen LogP contribution in [-0.2, 0) is 19.1 Å². The van der Waals surface area contributed by atoms with Crippen LogP contribution in [0.4, 0.5) is 0 Å². The summed E-state index contributed by atoms with van der Waals surface area (Å²) in [5, 5.41) is 9.73. The first-order valence-corrected chi connectivity index (χ1v) is 40.7. The number of ether oxygens (including phenoxy) is 2. The normalized spacial score (nSPS) is 12.1. The van der Waals surface area contributed by atoms with Gasteiger partial charge < -0.3 is 14.6 Å². The van der Waals surface area contributed by atoms with Gasteiger partial charge in [0.15, 0.2) is 6.10 Å². The Labute approximate surface area is 547 Å². The second kappa shape index (κ2) is 78.9. The Balaban J connectivity index is 3.33. The number of esters is 2. The fourth-order valence-electron chi connectivity index (χ4n) is 13.2. The number of aliphatic hydroxyl groups excluding tert-OH is 1. The molecule has 1 unspecified atom stereocenters. The minimum absolute atomic E-state index is 0.0561. The van der Waals surface area contributed by atoms with Crippen molar-refractivity contribution in [3.8, 4) is 0 Å². The number of carbonyl (C=O) groups is 2. The summed E-state index contributed by atoms with van der Waals surface area (Å²) in [5.41, 5.74) is 0. The van der Waals surface area contributed by atoms with Crippen LogP contribution in [0.5, 0.6) is 0 Å². The molecule has 518 valence electrons. The lowest BCUT2D eigenvalue weighted by molar-refractivity contribution is -0.161. The fraction of sp³-hybridized carbons (Fsp3) is 0.951. The smallest absolute Gasteiger partial charge is 0.306 e. The monoisotopic (exact) mass is 1230 g/mol. The molecule has 0 radical (unpaired) electrons. The topological polar surface area (TPSA) is 72.8 Å². The first kappa shape index (κ1) is 85.6. The van der Waals surface area contributed by atoms with E-state index in [4.69, 9.17) is 9.47 Å². The predicted molar refractivity (Wildman–Crippen MR) is 385 cm³/mol. The van der Waals surface area contributed by atoms with Crippen molar-refractivity contribution >= 4 is 11.9 Å². The van der Waals surface area contributed by atoms with Gasteiger partial charge in [-0.1, -0.05) is 443 Å². The number of aliphatic hydroxyl groups is 1. The standard InChI is InChI=1S/C82H160O5/c1-3-5-7-9-11-13-15-17-19-21-23-25-27-29-31-33-35-37-39-40-41-43-44-46-48-50-52-54-56-58-60-62-64-66-68-70-72-74-76-81(84)86-79-80(78-83)87-82(85)77-75-73-71-69-67-65-63-61-59-57-55-53-51-49-47-45-42-38-36-34-32-30-28-26-24-22-20-18-16-14-12-10-8-6-4-2/h22,24,80,83H,3-21,23,25-79H2,1-2H3/b24-22-. The van der Waals surface area contributed by atoms with Gasteiger partial charge in [0.2, 0.25) is 0 Å². The van der Waals surface area contributed by atoms with Crippen LogP contribution in [0.25, 0.3) is 0 Å². The third kappa shape index (κ3) is 77.0. The van der Waals surface area contributed by atoms with Crippen LogP contribution in [0.3, 0.4) is 0 Å². The lowest BCUT2D eigenvalue weighted by atomic mass is 10.0. The molecule has 0 aromatic heterocycles. The number of rotatable bonds is 78. The summed E-state index contributed by atoms with van der Waals surface area (Å²) < 4.78 is 10.8. The third-order valence-corrected chi connectivity index (χ3v) is 19.3. The largest absolute Gasteiger partial charge is 0.462 e. The van der Waals surface area contributed by atoms with Gasteiger partial charge in [-0.15, -0.1) is 0 Å². The van der Waals surface area contributed by atoms with Crippen molar-refractivity contribution < 1.29 is 24.2 Å². The van der Waals surface area contributed by atoms with Gasteiger partial charge in [0.25, 0.3) is 0 Å². The Hall–Kier alpha value is -1.36. The molecule has 0 spiro atoms. The molecule has 1 atom stereocenters. The molecule has 0 aliphatic heterocycles. The van der Waals surface area contributed by atoms with Crippen molar-refractivity contribution in [2.75, 3.05) is 13.2 Å². The van der Waals surface area contributed by atoms with Crippen LogP contribution < -0.4 is 0 Å². The van der Waals surface area contributed by atoms with E-state index in [-0.39, 0.29) is 25.2 Å². The van der Waals surface area contributed by atoms with E-state index in [0.29, 0.717) is 12.8 Å². The molecular weight excluding hydrogens is 1060 g/mol. The highest BCUT2D eigenvalue weighted by Gasteiger charge is 2.16. The molecule has 0 fully saturated rings. The summed E-state index contributed by atoms with van der Waals surface area (Å²) in [6.07, 6.45) is 103. The van der Waals surface area contributed by atoms with Crippen molar-refractivity contribution in [1.82, 2.24) is 0 Å². The Kier molecular flexibility index (Phi) is 77.6. The Bertz CT molecular complexity index is 1300. The number of carbonyl (C=O) groups excluding carboxylic acids is 2. The lowest BCUT2D eigenvalue weighted by Gasteiger charge is -2.15. The van der Waals surface area contributed by atoms with Crippen molar-refractivity contribution in [2.24, 2.45) is 0 Å². The van der Waals surface area contributed by atoms with Gasteiger partial charge in [-0.25, -0.2) is 0 Å². The van der Waals surface area contributed by atoms with E-state index in [2.05, 4.69) is 26.0 Å². The predicted octanol–water partition coefficient (Wildman–Crippen LogP) is 28.5. The van der Waals surface area contributed by atoms with Crippen LogP contribution in [-0.4, -0.2) is 36.4 Å². The molecule has 0 aliphatic carbocycles. The van der Waals surface area contributed by atoms with E-state index in [1.165, 1.54) is 424 Å². The van der Waals surface area contributed by atoms with Crippen molar-refractivity contribution in [3.63, 3.8) is 0 Å². The van der Waals surface area contributed by atoms with E-state index in [0.717, 1.165) is 32.1 Å². The third-order valence-electron chi connectivity index (χ3n) is 19.3. The molecule has 0 aromatic rings. The quantitative estimate of drug-likeness (QED) is 0.0373. The van der Waals surface area contributed by atoms with Gasteiger partial charge in [-0.2, -0.15) is 0 Å². The lowest BCUT2D eigenvalue weighted by Crippen LogP contribution is -2.28. The summed E-state index contributed by atoms with van der Waals surface area (Å²) in [4.78, 5) is 24.7. The van der Waals surface area contributed by atoms with Crippen LogP contribution >= 0.6 is 0 Å². The highest BCUT2D eigenvalue weighted by Crippen LogP contribution is 2.21. The molecule has 0 aromatic carbocycles. The van der Waals surface area contributed by atoms with Crippen LogP contribution in [0.1, 0.15) is 483 Å². The van der Waals surface area contributed by atoms with Crippen LogP contribution in [0, 0.1) is 0 Å². The second-order valence-electron chi connectivity index (χ2n) is 28.2. The zero-order chi connectivity index (χ0) is 62.6.